The number of alkyl halides is 3. The zero-order valence-electron chi connectivity index (χ0n) is 10.7. The van der Waals surface area contributed by atoms with Crippen molar-refractivity contribution in [3.63, 3.8) is 0 Å². The molecule has 0 saturated heterocycles. The third-order valence-electron chi connectivity index (χ3n) is 2.87. The Morgan fingerprint density at radius 3 is 2.10 bits per heavy atom. The van der Waals surface area contributed by atoms with E-state index in [1.807, 2.05) is 24.4 Å². The van der Waals surface area contributed by atoms with E-state index in [0.29, 0.717) is 5.56 Å². The van der Waals surface area contributed by atoms with Gasteiger partial charge in [-0.3, -0.25) is 4.79 Å². The van der Waals surface area contributed by atoms with Crippen molar-refractivity contribution in [2.24, 2.45) is 0 Å². The van der Waals surface area contributed by atoms with Gasteiger partial charge in [-0.1, -0.05) is 42.5 Å². The molecule has 0 unspecified atom stereocenters. The van der Waals surface area contributed by atoms with E-state index in [2.05, 4.69) is 0 Å². The van der Waals surface area contributed by atoms with Crippen molar-refractivity contribution >= 4 is 11.6 Å². The lowest BCUT2D eigenvalue weighted by Gasteiger charge is -2.14. The second-order valence-corrected chi connectivity index (χ2v) is 4.31. The van der Waals surface area contributed by atoms with Crippen LogP contribution in [0.25, 0.3) is 11.1 Å². The monoisotopic (exact) mass is 279 g/mol. The first-order valence-electron chi connectivity index (χ1n) is 5.93. The number of carbonyl (C=O) groups is 1. The molecule has 0 heterocycles. The van der Waals surface area contributed by atoms with E-state index in [1.54, 1.807) is 30.3 Å². The summed E-state index contributed by atoms with van der Waals surface area (Å²) < 4.78 is 37.0. The molecule has 0 radical (unpaired) electrons. The maximum atomic E-state index is 12.3. The summed E-state index contributed by atoms with van der Waals surface area (Å²) in [5.41, 5.74) is 2.40. The predicted octanol–water partition coefficient (Wildman–Crippen LogP) is 4.16. The summed E-state index contributed by atoms with van der Waals surface area (Å²) in [6, 6.07) is 13.7. The van der Waals surface area contributed by atoms with Gasteiger partial charge in [0.15, 0.2) is 0 Å². The number of benzene rings is 2. The molecule has 0 atom stereocenters. The molecule has 20 heavy (non-hydrogen) atoms. The van der Waals surface area contributed by atoms with Crippen LogP contribution in [0.3, 0.4) is 0 Å². The van der Waals surface area contributed by atoms with Crippen LogP contribution in [0.5, 0.6) is 0 Å². The Balaban J connectivity index is 2.42. The topological polar surface area (TPSA) is 29.1 Å². The van der Waals surface area contributed by atoms with Crippen LogP contribution in [-0.4, -0.2) is 12.1 Å². The number of halogens is 3. The van der Waals surface area contributed by atoms with Gasteiger partial charge in [0.25, 0.3) is 0 Å². The molecular formula is C15H12F3NO. The van der Waals surface area contributed by atoms with E-state index in [9.17, 15) is 18.0 Å². The van der Waals surface area contributed by atoms with Gasteiger partial charge in [0.1, 0.15) is 0 Å². The Bertz CT molecular complexity index is 635. The molecule has 0 bridgehead atoms. The molecule has 0 aromatic heterocycles. The van der Waals surface area contributed by atoms with Crippen molar-refractivity contribution in [2.45, 2.75) is 13.1 Å². The first kappa shape index (κ1) is 14.1. The first-order chi connectivity index (χ1) is 9.39. The van der Waals surface area contributed by atoms with E-state index >= 15 is 0 Å². The maximum Gasteiger partial charge on any atom is 0.471 e. The van der Waals surface area contributed by atoms with Gasteiger partial charge in [0.2, 0.25) is 0 Å². The van der Waals surface area contributed by atoms with Gasteiger partial charge in [-0.05, 0) is 24.1 Å². The maximum absolute atomic E-state index is 12.3. The zero-order valence-corrected chi connectivity index (χ0v) is 10.7. The summed E-state index contributed by atoms with van der Waals surface area (Å²) in [6.45, 7) is 1.86. The van der Waals surface area contributed by atoms with Crippen LogP contribution in [0.4, 0.5) is 18.9 Å². The summed E-state index contributed by atoms with van der Waals surface area (Å²) >= 11 is 0. The smallest absolute Gasteiger partial charge is 0.318 e. The van der Waals surface area contributed by atoms with Crippen molar-refractivity contribution < 1.29 is 18.0 Å². The highest BCUT2D eigenvalue weighted by atomic mass is 19.4. The summed E-state index contributed by atoms with van der Waals surface area (Å²) in [5, 5.41) is 1.91. The lowest BCUT2D eigenvalue weighted by atomic mass is 9.99. The number of aryl methyl sites for hydroxylation is 1. The highest BCUT2D eigenvalue weighted by molar-refractivity contribution is 5.98. The van der Waals surface area contributed by atoms with Crippen molar-refractivity contribution in [3.05, 3.63) is 54.1 Å². The van der Waals surface area contributed by atoms with Crippen LogP contribution in [0.1, 0.15) is 5.56 Å². The molecule has 0 fully saturated rings. The molecule has 0 saturated carbocycles. The first-order valence-corrected chi connectivity index (χ1v) is 5.93. The predicted molar refractivity (Wildman–Crippen MR) is 71.3 cm³/mol. The second-order valence-electron chi connectivity index (χ2n) is 4.31. The standard InChI is InChI=1S/C15H12F3NO/c1-10-6-2-3-7-11(10)12-8-4-5-9-13(12)19-14(20)15(16,17)18/h2-9H,1H3,(H,19,20). The Kier molecular flexibility index (Phi) is 3.79. The van der Waals surface area contributed by atoms with Crippen molar-refractivity contribution in [3.8, 4) is 11.1 Å². The van der Waals surface area contributed by atoms with Crippen LogP contribution in [-0.2, 0) is 4.79 Å². The van der Waals surface area contributed by atoms with E-state index in [1.165, 1.54) is 6.07 Å². The van der Waals surface area contributed by atoms with Crippen LogP contribution < -0.4 is 5.32 Å². The Hall–Kier alpha value is -2.30. The highest BCUT2D eigenvalue weighted by Gasteiger charge is 2.38. The van der Waals surface area contributed by atoms with Gasteiger partial charge in [-0.2, -0.15) is 13.2 Å². The molecule has 0 aliphatic rings. The number of hydrogen-bond donors (Lipinski definition) is 1. The van der Waals surface area contributed by atoms with Gasteiger partial charge in [0, 0.05) is 11.3 Å². The Labute approximate surface area is 114 Å². The molecule has 0 spiro atoms. The molecule has 2 nitrogen and oxygen atoms in total. The molecule has 0 aliphatic heterocycles. The average Bonchev–Trinajstić information content (AvgIpc) is 2.39. The molecule has 1 amide bonds. The van der Waals surface area contributed by atoms with Gasteiger partial charge in [0.05, 0.1) is 0 Å². The summed E-state index contributed by atoms with van der Waals surface area (Å²) in [7, 11) is 0. The van der Waals surface area contributed by atoms with Gasteiger partial charge >= 0.3 is 12.1 Å². The van der Waals surface area contributed by atoms with Crippen LogP contribution in [0.2, 0.25) is 0 Å². The van der Waals surface area contributed by atoms with Crippen LogP contribution in [0.15, 0.2) is 48.5 Å². The number of amides is 1. The fourth-order valence-electron chi connectivity index (χ4n) is 1.90. The molecule has 1 N–H and O–H groups in total. The van der Waals surface area contributed by atoms with Crippen LogP contribution in [0, 0.1) is 6.92 Å². The molecule has 0 aliphatic carbocycles. The van der Waals surface area contributed by atoms with Crippen molar-refractivity contribution in [1.82, 2.24) is 0 Å². The number of hydrogen-bond acceptors (Lipinski definition) is 1. The summed E-state index contributed by atoms with van der Waals surface area (Å²) in [5.74, 6) is -1.97. The number of nitrogens with one attached hydrogen (secondary N) is 1. The third-order valence-corrected chi connectivity index (χ3v) is 2.87. The SMILES string of the molecule is Cc1ccccc1-c1ccccc1NC(=O)C(F)(F)F. The van der Waals surface area contributed by atoms with Gasteiger partial charge in [-0.15, -0.1) is 0 Å². The Morgan fingerprint density at radius 1 is 0.950 bits per heavy atom. The molecular weight excluding hydrogens is 267 g/mol. The lowest BCUT2D eigenvalue weighted by molar-refractivity contribution is -0.167. The molecule has 104 valence electrons. The van der Waals surface area contributed by atoms with Gasteiger partial charge in [-0.25, -0.2) is 0 Å². The summed E-state index contributed by atoms with van der Waals surface area (Å²) in [6.07, 6.45) is -4.90. The summed E-state index contributed by atoms with van der Waals surface area (Å²) in [4.78, 5) is 11.1. The van der Waals surface area contributed by atoms with E-state index in [0.717, 1.165) is 11.1 Å². The minimum Gasteiger partial charge on any atom is -0.318 e. The minimum absolute atomic E-state index is 0.143. The quantitative estimate of drug-likeness (QED) is 0.878. The highest BCUT2D eigenvalue weighted by Crippen LogP contribution is 2.31. The molecule has 2 aromatic carbocycles. The number of carbonyl (C=O) groups excluding carboxylic acids is 1. The van der Waals surface area contributed by atoms with Crippen LogP contribution >= 0.6 is 0 Å². The molecule has 5 heteroatoms. The average molecular weight is 279 g/mol. The lowest BCUT2D eigenvalue weighted by Crippen LogP contribution is -2.30. The second kappa shape index (κ2) is 5.36. The third kappa shape index (κ3) is 2.99. The number of anilines is 1. The van der Waals surface area contributed by atoms with E-state index in [-0.39, 0.29) is 5.69 Å². The molecule has 2 rings (SSSR count). The fourth-order valence-corrected chi connectivity index (χ4v) is 1.90. The minimum atomic E-state index is -4.90. The number of para-hydroxylation sites is 1. The normalized spacial score (nSPS) is 11.2. The van der Waals surface area contributed by atoms with Gasteiger partial charge < -0.3 is 5.32 Å². The van der Waals surface area contributed by atoms with E-state index in [4.69, 9.17) is 0 Å². The zero-order chi connectivity index (χ0) is 14.8. The van der Waals surface area contributed by atoms with Crippen molar-refractivity contribution in [2.75, 3.05) is 5.32 Å². The van der Waals surface area contributed by atoms with E-state index < -0.39 is 12.1 Å². The molecule has 2 aromatic rings. The Morgan fingerprint density at radius 2 is 1.50 bits per heavy atom. The fraction of sp³-hybridized carbons (Fsp3) is 0.133. The largest absolute Gasteiger partial charge is 0.471 e. The number of rotatable bonds is 2. The van der Waals surface area contributed by atoms with Crippen molar-refractivity contribution in [1.29, 1.82) is 0 Å².